The maximum absolute atomic E-state index is 13.1. The third kappa shape index (κ3) is 5.78. The number of carbonyl (C=O) groups excluding carboxylic acids is 2. The van der Waals surface area contributed by atoms with E-state index in [0.29, 0.717) is 5.52 Å². The van der Waals surface area contributed by atoms with Gasteiger partial charge >= 0.3 is 0 Å². The Bertz CT molecular complexity index is 1300. The molecule has 2 amide bonds. The molecule has 2 N–H and O–H groups in total. The second-order valence-electron chi connectivity index (χ2n) is 8.22. The predicted molar refractivity (Wildman–Crippen MR) is 130 cm³/mol. The molecule has 4 rings (SSSR count). The lowest BCUT2D eigenvalue weighted by Gasteiger charge is -2.15. The van der Waals surface area contributed by atoms with Crippen LogP contribution in [0.5, 0.6) is 0 Å². The van der Waals surface area contributed by atoms with E-state index in [4.69, 9.17) is 4.74 Å². The Balaban J connectivity index is 1.62. The summed E-state index contributed by atoms with van der Waals surface area (Å²) >= 11 is 1.15. The molecule has 2 heterocycles. The highest BCUT2D eigenvalue weighted by Gasteiger charge is 2.37. The Morgan fingerprint density at radius 2 is 1.97 bits per heavy atom. The zero-order valence-corrected chi connectivity index (χ0v) is 20.5. The van der Waals surface area contributed by atoms with Crippen LogP contribution in [-0.4, -0.2) is 62.3 Å². The predicted octanol–water partition coefficient (Wildman–Crippen LogP) is 2.16. The van der Waals surface area contributed by atoms with Crippen LogP contribution in [0.4, 0.5) is 0 Å². The van der Waals surface area contributed by atoms with Gasteiger partial charge in [0, 0.05) is 30.6 Å². The Labute approximate surface area is 201 Å². The van der Waals surface area contributed by atoms with Gasteiger partial charge in [0.05, 0.1) is 29.1 Å². The van der Waals surface area contributed by atoms with Crippen LogP contribution in [0.25, 0.3) is 21.3 Å². The highest BCUT2D eigenvalue weighted by atomic mass is 32.2. The van der Waals surface area contributed by atoms with Crippen LogP contribution in [0.3, 0.4) is 0 Å². The first-order valence-corrected chi connectivity index (χ1v) is 13.4. The number of nitrogens with zero attached hydrogens (tertiary/aromatic N) is 2. The van der Waals surface area contributed by atoms with E-state index in [1.165, 1.54) is 7.11 Å². The van der Waals surface area contributed by atoms with Crippen LogP contribution in [0.1, 0.15) is 28.8 Å². The Hall–Kier alpha value is -2.89. The summed E-state index contributed by atoms with van der Waals surface area (Å²) in [6.07, 6.45) is 3.61. The fraction of sp³-hybridized carbons (Fsp3) is 0.391. The number of hydrogen-bond donors (Lipinski definition) is 2. The lowest BCUT2D eigenvalue weighted by Crippen LogP contribution is -2.41. The average Bonchev–Trinajstić information content (AvgIpc) is 3.52. The third-order valence-corrected chi connectivity index (χ3v) is 8.53. The molecule has 0 radical (unpaired) electrons. The number of fused-ring (bicyclic) bond motifs is 1. The van der Waals surface area contributed by atoms with Crippen molar-refractivity contribution in [1.29, 1.82) is 0 Å². The molecule has 34 heavy (non-hydrogen) atoms. The van der Waals surface area contributed by atoms with Gasteiger partial charge in [-0.1, -0.05) is 12.1 Å². The number of thiazole rings is 1. The maximum atomic E-state index is 13.1. The van der Waals surface area contributed by atoms with Crippen LogP contribution < -0.4 is 10.6 Å². The summed E-state index contributed by atoms with van der Waals surface area (Å²) < 4.78 is 31.8. The normalized spacial score (nSPS) is 14.6. The molecule has 0 saturated heterocycles. The van der Waals surface area contributed by atoms with Gasteiger partial charge in [0.15, 0.2) is 15.1 Å². The number of benzene rings is 1. The van der Waals surface area contributed by atoms with Gasteiger partial charge in [-0.2, -0.15) is 0 Å². The van der Waals surface area contributed by atoms with E-state index in [0.717, 1.165) is 45.7 Å². The monoisotopic (exact) mass is 502 g/mol. The molecule has 0 bridgehead atoms. The summed E-state index contributed by atoms with van der Waals surface area (Å²) in [4.78, 5) is 33.8. The Morgan fingerprint density at radius 3 is 2.65 bits per heavy atom. The Morgan fingerprint density at radius 1 is 1.21 bits per heavy atom. The lowest BCUT2D eigenvalue weighted by molar-refractivity contribution is -0.126. The van der Waals surface area contributed by atoms with E-state index in [1.807, 2.05) is 31.2 Å². The van der Waals surface area contributed by atoms with E-state index >= 15 is 0 Å². The number of aryl methyl sites for hydroxylation is 1. The van der Waals surface area contributed by atoms with Gasteiger partial charge in [0.1, 0.15) is 5.01 Å². The number of aromatic nitrogens is 2. The molecule has 1 aromatic carbocycles. The quantitative estimate of drug-likeness (QED) is 0.435. The van der Waals surface area contributed by atoms with Gasteiger partial charge in [-0.3, -0.25) is 14.6 Å². The summed E-state index contributed by atoms with van der Waals surface area (Å²) in [5.74, 6) is -1.46. The molecule has 0 aliphatic heterocycles. The minimum Gasteiger partial charge on any atom is -0.384 e. The Kier molecular flexibility index (Phi) is 7.24. The third-order valence-electron chi connectivity index (χ3n) is 5.41. The molecule has 3 aromatic rings. The van der Waals surface area contributed by atoms with Crippen molar-refractivity contribution < 1.29 is 22.7 Å². The second kappa shape index (κ2) is 10.2. The number of amides is 2. The van der Waals surface area contributed by atoms with Crippen LogP contribution in [-0.2, 0) is 24.2 Å². The minimum atomic E-state index is -3.94. The molecule has 1 unspecified atom stereocenters. The molecule has 1 atom stereocenters. The summed E-state index contributed by atoms with van der Waals surface area (Å²) in [5, 5.41) is 3.87. The topological polar surface area (TPSA) is 127 Å². The zero-order chi connectivity index (χ0) is 24.3. The van der Waals surface area contributed by atoms with E-state index in [2.05, 4.69) is 20.6 Å². The number of pyridine rings is 1. The fourth-order valence-electron chi connectivity index (χ4n) is 3.39. The number of carbonyl (C=O) groups is 2. The van der Waals surface area contributed by atoms with E-state index in [-0.39, 0.29) is 35.9 Å². The number of nitrogens with one attached hydrogen (secondary N) is 2. The molecule has 1 fully saturated rings. The van der Waals surface area contributed by atoms with Gasteiger partial charge in [0.25, 0.3) is 0 Å². The number of methoxy groups -OCH3 is 1. The van der Waals surface area contributed by atoms with Crippen LogP contribution in [0.15, 0.2) is 36.5 Å². The number of hydrogen-bond acceptors (Lipinski definition) is 8. The first-order valence-electron chi connectivity index (χ1n) is 10.9. The fourth-order valence-corrected chi connectivity index (χ4v) is 6.36. The highest BCUT2D eigenvalue weighted by Crippen LogP contribution is 2.34. The van der Waals surface area contributed by atoms with Crippen molar-refractivity contribution in [2.75, 3.05) is 26.0 Å². The van der Waals surface area contributed by atoms with Crippen molar-refractivity contribution in [3.05, 3.63) is 47.2 Å². The van der Waals surface area contributed by atoms with Crippen molar-refractivity contribution in [2.24, 2.45) is 0 Å². The van der Waals surface area contributed by atoms with Gasteiger partial charge < -0.3 is 15.4 Å². The van der Waals surface area contributed by atoms with Crippen LogP contribution in [0.2, 0.25) is 0 Å². The molecule has 9 nitrogen and oxygen atoms in total. The molecule has 1 aliphatic carbocycles. The summed E-state index contributed by atoms with van der Waals surface area (Å²) in [7, 11) is -2.55. The standard InChI is InChI=1S/C23H26N4O5S2/c1-14-3-4-16(12-24-14)15-5-8-18-19(11-15)33-23(27-18)21(34(30,31)10-9-32-2)22(29)25-13-20(28)26-17-6-7-17/h3-5,8,11-12,17,21H,6-7,9-10,13H2,1-2H3,(H,25,29)(H,26,28). The van der Waals surface area contributed by atoms with Crippen LogP contribution >= 0.6 is 11.3 Å². The molecule has 1 aliphatic rings. The second-order valence-corrected chi connectivity index (χ2v) is 11.5. The van der Waals surface area contributed by atoms with E-state index in [1.54, 1.807) is 12.3 Å². The lowest BCUT2D eigenvalue weighted by atomic mass is 10.1. The average molecular weight is 503 g/mol. The number of ether oxygens (including phenoxy) is 1. The minimum absolute atomic E-state index is 0.0518. The summed E-state index contributed by atoms with van der Waals surface area (Å²) in [5.41, 5.74) is 3.34. The van der Waals surface area contributed by atoms with E-state index < -0.39 is 21.0 Å². The molecule has 1 saturated carbocycles. The molecule has 2 aromatic heterocycles. The van der Waals surface area contributed by atoms with Crippen molar-refractivity contribution in [3.8, 4) is 11.1 Å². The van der Waals surface area contributed by atoms with E-state index in [9.17, 15) is 18.0 Å². The van der Waals surface area contributed by atoms with Crippen molar-refractivity contribution in [3.63, 3.8) is 0 Å². The van der Waals surface area contributed by atoms with Gasteiger partial charge in [-0.25, -0.2) is 13.4 Å². The van der Waals surface area contributed by atoms with Gasteiger partial charge in [-0.05, 0) is 43.5 Å². The highest BCUT2D eigenvalue weighted by molar-refractivity contribution is 7.92. The zero-order valence-electron chi connectivity index (χ0n) is 18.9. The number of sulfone groups is 1. The first-order chi connectivity index (χ1) is 16.3. The van der Waals surface area contributed by atoms with Crippen molar-refractivity contribution in [2.45, 2.75) is 31.1 Å². The molecular weight excluding hydrogens is 476 g/mol. The van der Waals surface area contributed by atoms with Gasteiger partial charge in [0.2, 0.25) is 11.8 Å². The van der Waals surface area contributed by atoms with Crippen molar-refractivity contribution >= 4 is 43.2 Å². The van der Waals surface area contributed by atoms with Gasteiger partial charge in [-0.15, -0.1) is 11.3 Å². The smallest absolute Gasteiger partial charge is 0.245 e. The van der Waals surface area contributed by atoms with Crippen molar-refractivity contribution in [1.82, 2.24) is 20.6 Å². The van der Waals surface area contributed by atoms with Crippen LogP contribution in [0, 0.1) is 6.92 Å². The molecular formula is C23H26N4O5S2. The molecule has 0 spiro atoms. The SMILES string of the molecule is COCCS(=O)(=O)C(C(=O)NCC(=O)NC1CC1)c1nc2ccc(-c3ccc(C)nc3)cc2s1. The largest absolute Gasteiger partial charge is 0.384 e. The first kappa shape index (κ1) is 24.2. The summed E-state index contributed by atoms with van der Waals surface area (Å²) in [6.45, 7) is 1.57. The summed E-state index contributed by atoms with van der Waals surface area (Å²) in [6, 6.07) is 9.61. The maximum Gasteiger partial charge on any atom is 0.245 e. The molecule has 180 valence electrons. The number of rotatable bonds is 10. The molecule has 11 heteroatoms.